The van der Waals surface area contributed by atoms with E-state index < -0.39 is 16.1 Å². The molecule has 1 aromatic heterocycles. The van der Waals surface area contributed by atoms with Crippen LogP contribution in [-0.4, -0.2) is 41.2 Å². The number of para-hydroxylation sites is 3. The zero-order valence-electron chi connectivity index (χ0n) is 18.2. The average molecular weight is 461 g/mol. The predicted molar refractivity (Wildman–Crippen MR) is 128 cm³/mol. The van der Waals surface area contributed by atoms with Gasteiger partial charge >= 0.3 is 0 Å². The van der Waals surface area contributed by atoms with Crippen LogP contribution < -0.4 is 5.32 Å². The van der Waals surface area contributed by atoms with Gasteiger partial charge in [-0.3, -0.25) is 4.79 Å². The number of hydrogen-bond donors (Lipinski definition) is 2. The quantitative estimate of drug-likeness (QED) is 0.463. The van der Waals surface area contributed by atoms with Gasteiger partial charge in [-0.1, -0.05) is 42.0 Å². The second kappa shape index (κ2) is 8.46. The fraction of sp³-hybridized carbons (Fsp3) is 0.200. The highest BCUT2D eigenvalue weighted by molar-refractivity contribution is 7.89. The third-order valence-corrected chi connectivity index (χ3v) is 7.89. The highest BCUT2D eigenvalue weighted by Gasteiger charge is 2.39. The van der Waals surface area contributed by atoms with E-state index in [9.17, 15) is 13.2 Å². The van der Waals surface area contributed by atoms with E-state index in [0.717, 1.165) is 22.2 Å². The lowest BCUT2D eigenvalue weighted by atomic mass is 10.1. The number of aromatic amines is 1. The first-order valence-electron chi connectivity index (χ1n) is 10.9. The van der Waals surface area contributed by atoms with Crippen molar-refractivity contribution in [3.8, 4) is 11.4 Å². The molecule has 2 heterocycles. The summed E-state index contributed by atoms with van der Waals surface area (Å²) in [6.07, 6.45) is 1.11. The summed E-state index contributed by atoms with van der Waals surface area (Å²) in [5, 5.41) is 2.95. The molecule has 1 fully saturated rings. The molecule has 0 radical (unpaired) electrons. The number of carbonyl (C=O) groups is 1. The maximum atomic E-state index is 13.3. The van der Waals surface area contributed by atoms with Gasteiger partial charge in [-0.2, -0.15) is 4.31 Å². The molecule has 0 saturated carbocycles. The number of imidazole rings is 1. The molecule has 7 nitrogen and oxygen atoms in total. The standard InChI is InChI=1S/C25H24N4O3S/c1-17-12-14-18(15-13-17)33(31,32)29-16-6-11-23(29)25(30)28-20-8-3-2-7-19(20)24-26-21-9-4-5-10-22(21)27-24/h2-5,7-10,12-15,23H,6,11,16H2,1H3,(H,26,27)(H,28,30)/t23-/m1/s1. The van der Waals surface area contributed by atoms with Gasteiger partial charge in [0.05, 0.1) is 21.6 Å². The lowest BCUT2D eigenvalue weighted by Gasteiger charge is -2.24. The van der Waals surface area contributed by atoms with Crippen molar-refractivity contribution in [2.24, 2.45) is 0 Å². The third kappa shape index (κ3) is 4.03. The van der Waals surface area contributed by atoms with Crippen molar-refractivity contribution in [2.45, 2.75) is 30.7 Å². The van der Waals surface area contributed by atoms with Gasteiger partial charge in [0.15, 0.2) is 0 Å². The number of anilines is 1. The monoisotopic (exact) mass is 460 g/mol. The van der Waals surface area contributed by atoms with Crippen molar-refractivity contribution in [1.29, 1.82) is 0 Å². The van der Waals surface area contributed by atoms with Crippen LogP contribution in [0.5, 0.6) is 0 Å². The lowest BCUT2D eigenvalue weighted by molar-refractivity contribution is -0.119. The topological polar surface area (TPSA) is 95.2 Å². The normalized spacial score (nSPS) is 16.8. The van der Waals surface area contributed by atoms with Gasteiger partial charge in [-0.15, -0.1) is 0 Å². The van der Waals surface area contributed by atoms with Crippen molar-refractivity contribution in [2.75, 3.05) is 11.9 Å². The van der Waals surface area contributed by atoms with Gasteiger partial charge in [-0.25, -0.2) is 13.4 Å². The summed E-state index contributed by atoms with van der Waals surface area (Å²) in [4.78, 5) is 21.4. The van der Waals surface area contributed by atoms with Crippen LogP contribution in [0.1, 0.15) is 18.4 Å². The van der Waals surface area contributed by atoms with Gasteiger partial charge in [0.25, 0.3) is 0 Å². The molecule has 2 N–H and O–H groups in total. The summed E-state index contributed by atoms with van der Waals surface area (Å²) in [5.41, 5.74) is 4.04. The number of aromatic nitrogens is 2. The first kappa shape index (κ1) is 21.4. The number of nitrogens with one attached hydrogen (secondary N) is 2. The van der Waals surface area contributed by atoms with Crippen LogP contribution in [0.25, 0.3) is 22.4 Å². The second-order valence-electron chi connectivity index (χ2n) is 8.22. The number of carbonyl (C=O) groups excluding carboxylic acids is 1. The predicted octanol–water partition coefficient (Wildman–Crippen LogP) is 4.33. The number of nitrogens with zero attached hydrogens (tertiary/aromatic N) is 2. The summed E-state index contributed by atoms with van der Waals surface area (Å²) in [6, 6.07) is 21.1. The van der Waals surface area contributed by atoms with Crippen LogP contribution in [0.4, 0.5) is 5.69 Å². The summed E-state index contributed by atoms with van der Waals surface area (Å²) >= 11 is 0. The van der Waals surface area contributed by atoms with Crippen LogP contribution in [0.15, 0.2) is 77.7 Å². The Hall–Kier alpha value is -3.49. The van der Waals surface area contributed by atoms with Crippen molar-refractivity contribution in [1.82, 2.24) is 14.3 Å². The van der Waals surface area contributed by atoms with E-state index in [1.165, 1.54) is 4.31 Å². The first-order chi connectivity index (χ1) is 15.9. The molecule has 1 amide bonds. The number of amides is 1. The SMILES string of the molecule is Cc1ccc(S(=O)(=O)N2CCC[C@@H]2C(=O)Nc2ccccc2-c2nc3ccccc3[nH]2)cc1. The van der Waals surface area contributed by atoms with Crippen molar-refractivity contribution < 1.29 is 13.2 Å². The number of benzene rings is 3. The van der Waals surface area contributed by atoms with Gasteiger partial charge in [-0.05, 0) is 56.2 Å². The molecular weight excluding hydrogens is 436 g/mol. The van der Waals surface area contributed by atoms with Crippen LogP contribution >= 0.6 is 0 Å². The Balaban J connectivity index is 1.42. The molecule has 33 heavy (non-hydrogen) atoms. The molecule has 0 spiro atoms. The molecule has 1 saturated heterocycles. The van der Waals surface area contributed by atoms with E-state index in [0.29, 0.717) is 30.9 Å². The summed E-state index contributed by atoms with van der Waals surface area (Å²) in [6.45, 7) is 2.22. The minimum Gasteiger partial charge on any atom is -0.338 e. The highest BCUT2D eigenvalue weighted by Crippen LogP contribution is 2.30. The van der Waals surface area contributed by atoms with Crippen molar-refractivity contribution in [3.63, 3.8) is 0 Å². The molecule has 3 aromatic carbocycles. The lowest BCUT2D eigenvalue weighted by Crippen LogP contribution is -2.43. The summed E-state index contributed by atoms with van der Waals surface area (Å²) < 4.78 is 27.8. The smallest absolute Gasteiger partial charge is 0.243 e. The molecule has 0 unspecified atom stereocenters. The van der Waals surface area contributed by atoms with Gasteiger partial charge < -0.3 is 10.3 Å². The summed E-state index contributed by atoms with van der Waals surface area (Å²) in [7, 11) is -3.77. The number of aryl methyl sites for hydroxylation is 1. The maximum Gasteiger partial charge on any atom is 0.243 e. The van der Waals surface area contributed by atoms with E-state index in [1.54, 1.807) is 30.3 Å². The number of hydrogen-bond acceptors (Lipinski definition) is 4. The van der Waals surface area contributed by atoms with Crippen molar-refractivity contribution in [3.05, 3.63) is 78.4 Å². The Morgan fingerprint density at radius 2 is 1.76 bits per heavy atom. The number of fused-ring (bicyclic) bond motifs is 1. The number of sulfonamides is 1. The van der Waals surface area contributed by atoms with E-state index in [1.807, 2.05) is 49.4 Å². The highest BCUT2D eigenvalue weighted by atomic mass is 32.2. The van der Waals surface area contributed by atoms with Crippen LogP contribution in [0, 0.1) is 6.92 Å². The van der Waals surface area contributed by atoms with Crippen LogP contribution in [-0.2, 0) is 14.8 Å². The Morgan fingerprint density at radius 3 is 2.55 bits per heavy atom. The molecule has 1 aliphatic heterocycles. The molecule has 4 aromatic rings. The molecule has 8 heteroatoms. The fourth-order valence-corrected chi connectivity index (χ4v) is 5.89. The Bertz CT molecular complexity index is 1390. The largest absolute Gasteiger partial charge is 0.338 e. The fourth-order valence-electron chi connectivity index (χ4n) is 4.23. The van der Waals surface area contributed by atoms with E-state index in [-0.39, 0.29) is 10.8 Å². The molecule has 1 atom stereocenters. The Kier molecular flexibility index (Phi) is 5.47. The van der Waals surface area contributed by atoms with Crippen LogP contribution in [0.3, 0.4) is 0 Å². The first-order valence-corrected chi connectivity index (χ1v) is 12.3. The summed E-state index contributed by atoms with van der Waals surface area (Å²) in [5.74, 6) is 0.300. The molecule has 168 valence electrons. The van der Waals surface area contributed by atoms with E-state index in [2.05, 4.69) is 15.3 Å². The Labute approximate surface area is 192 Å². The van der Waals surface area contributed by atoms with Gasteiger partial charge in [0, 0.05) is 12.1 Å². The zero-order valence-corrected chi connectivity index (χ0v) is 19.0. The average Bonchev–Trinajstić information content (AvgIpc) is 3.47. The maximum absolute atomic E-state index is 13.3. The Morgan fingerprint density at radius 1 is 1.03 bits per heavy atom. The molecule has 1 aliphatic rings. The molecule has 0 bridgehead atoms. The second-order valence-corrected chi connectivity index (χ2v) is 10.1. The van der Waals surface area contributed by atoms with Crippen LogP contribution in [0.2, 0.25) is 0 Å². The molecule has 5 rings (SSSR count). The van der Waals surface area contributed by atoms with Gasteiger partial charge in [0.1, 0.15) is 11.9 Å². The number of H-pyrrole nitrogens is 1. The van der Waals surface area contributed by atoms with Gasteiger partial charge in [0.2, 0.25) is 15.9 Å². The molecule has 0 aliphatic carbocycles. The minimum absolute atomic E-state index is 0.204. The minimum atomic E-state index is -3.77. The number of rotatable bonds is 5. The third-order valence-electron chi connectivity index (χ3n) is 5.96. The van der Waals surface area contributed by atoms with Crippen molar-refractivity contribution >= 4 is 32.7 Å². The molecular formula is C25H24N4O3S. The zero-order chi connectivity index (χ0) is 23.0. The van der Waals surface area contributed by atoms with E-state index >= 15 is 0 Å². The van der Waals surface area contributed by atoms with E-state index in [4.69, 9.17) is 0 Å².